The van der Waals surface area contributed by atoms with Crippen molar-refractivity contribution >= 4 is 73.7 Å². The molecule has 0 amide bonds. The second-order valence-electron chi connectivity index (χ2n) is 2.35. The minimum Gasteiger partial charge on any atom is -0.478 e. The number of aromatic carboxylic acids is 1. The van der Waals surface area contributed by atoms with Gasteiger partial charge in [0.2, 0.25) is 0 Å². The molecule has 0 radical (unpaired) electrons. The molecule has 1 aromatic carbocycles. The van der Waals surface area contributed by atoms with Gasteiger partial charge in [0.1, 0.15) is 11.3 Å². The van der Waals surface area contributed by atoms with Crippen LogP contribution in [0.1, 0.15) is 10.4 Å². The van der Waals surface area contributed by atoms with E-state index in [9.17, 15) is 4.79 Å². The first kappa shape index (κ1) is 12.7. The number of hydrogen-bond acceptors (Lipinski definition) is 2. The topological polar surface area (TPSA) is 46.5 Å². The van der Waals surface area contributed by atoms with E-state index in [1.165, 1.54) is 6.07 Å². The molecule has 0 saturated carbocycles. The monoisotopic (exact) mass is 530 g/mol. The maximum atomic E-state index is 10.8. The molecule has 0 atom stereocenters. The van der Waals surface area contributed by atoms with E-state index in [0.29, 0.717) is 5.75 Å². The Morgan fingerprint density at radius 3 is 2.36 bits per heavy atom. The molecule has 0 aliphatic carbocycles. The first-order chi connectivity index (χ1) is 6.40. The summed E-state index contributed by atoms with van der Waals surface area (Å²) in [5.74, 6) is -0.591. The van der Waals surface area contributed by atoms with Crippen LogP contribution in [0.3, 0.4) is 0 Å². The molecule has 0 fully saturated rings. The van der Waals surface area contributed by atoms with E-state index < -0.39 is 5.59 Å². The summed E-state index contributed by atoms with van der Waals surface area (Å²) in [5.41, 5.74) is 0.182. The lowest BCUT2D eigenvalue weighted by atomic mass is 10.2. The van der Waals surface area contributed by atoms with Crippen LogP contribution in [0, 0.1) is 0 Å². The number of halogens is 3. The Balaban J connectivity index is 3.02. The van der Waals surface area contributed by atoms with Crippen LogP contribution in [0.25, 0.3) is 0 Å². The van der Waals surface area contributed by atoms with Crippen LogP contribution in [0.5, 0.6) is 5.75 Å². The number of alkyl halides is 3. The van der Waals surface area contributed by atoms with Crippen molar-refractivity contribution in [3.63, 3.8) is 0 Å². The lowest BCUT2D eigenvalue weighted by molar-refractivity contribution is 0.0693. The van der Waals surface area contributed by atoms with Gasteiger partial charge in [-0.15, -0.1) is 0 Å². The van der Waals surface area contributed by atoms with Gasteiger partial charge in [-0.25, -0.2) is 4.79 Å². The standard InChI is InChI=1S/C8H5I3O3/c9-8(10,11)14-6-4-2-1-3-5(6)7(12)13/h1-4H,(H,12,13). The van der Waals surface area contributed by atoms with Gasteiger partial charge in [-0.2, -0.15) is 0 Å². The zero-order valence-corrected chi connectivity index (χ0v) is 13.2. The molecule has 3 nitrogen and oxygen atoms in total. The summed E-state index contributed by atoms with van der Waals surface area (Å²) in [7, 11) is 0. The van der Waals surface area contributed by atoms with E-state index in [1.807, 2.05) is 0 Å². The first-order valence-electron chi connectivity index (χ1n) is 3.48. The molecule has 1 aromatic rings. The molecule has 0 heterocycles. The Bertz CT molecular complexity index is 346. The molecule has 0 aromatic heterocycles. The molecular formula is C8H5I3O3. The van der Waals surface area contributed by atoms with Gasteiger partial charge in [0.25, 0.3) is -0.379 Å². The second-order valence-corrected chi connectivity index (χ2v) is 13.1. The fraction of sp³-hybridized carbons (Fsp3) is 0.125. The average Bonchev–Trinajstić information content (AvgIpc) is 2.01. The van der Waals surface area contributed by atoms with Crippen LogP contribution in [-0.2, 0) is 0 Å². The normalized spacial score (nSPS) is 11.1. The number of rotatable bonds is 3. The van der Waals surface area contributed by atoms with E-state index in [0.717, 1.165) is 0 Å². The number of hydrogen-bond donors (Lipinski definition) is 1. The molecule has 0 unspecified atom stereocenters. The molecule has 0 spiro atoms. The van der Waals surface area contributed by atoms with Crippen molar-refractivity contribution in [3.8, 4) is 5.75 Å². The van der Waals surface area contributed by atoms with Gasteiger partial charge in [-0.3, -0.25) is 0 Å². The molecule has 1 rings (SSSR count). The van der Waals surface area contributed by atoms with E-state index in [4.69, 9.17) is 9.84 Å². The van der Waals surface area contributed by atoms with Crippen LogP contribution >= 0.6 is 67.8 Å². The fourth-order valence-electron chi connectivity index (χ4n) is 0.857. The van der Waals surface area contributed by atoms with E-state index in [2.05, 4.69) is 67.8 Å². The lowest BCUT2D eigenvalue weighted by Gasteiger charge is -2.16. The molecule has 0 aliphatic rings. The Hall–Kier alpha value is 0.680. The third kappa shape index (κ3) is 4.04. The minimum absolute atomic E-state index is 0.182. The molecular weight excluding hydrogens is 525 g/mol. The maximum absolute atomic E-state index is 10.8. The lowest BCUT2D eigenvalue weighted by Crippen LogP contribution is -2.12. The SMILES string of the molecule is O=C(O)c1ccccc1OC(I)(I)I. The van der Waals surface area contributed by atoms with Crippen molar-refractivity contribution in [1.29, 1.82) is 0 Å². The summed E-state index contributed by atoms with van der Waals surface area (Å²) in [6.07, 6.45) is 0. The van der Waals surface area contributed by atoms with Crippen molar-refractivity contribution in [2.75, 3.05) is 0 Å². The Morgan fingerprint density at radius 2 is 1.86 bits per heavy atom. The highest BCUT2D eigenvalue weighted by Crippen LogP contribution is 2.38. The van der Waals surface area contributed by atoms with Gasteiger partial charge in [0.15, 0.2) is 0 Å². The van der Waals surface area contributed by atoms with Gasteiger partial charge in [-0.1, -0.05) is 12.1 Å². The van der Waals surface area contributed by atoms with Gasteiger partial charge >= 0.3 is 5.97 Å². The highest BCUT2D eigenvalue weighted by atomic mass is 127. The van der Waals surface area contributed by atoms with Crippen molar-refractivity contribution in [2.24, 2.45) is 0 Å². The number of ether oxygens (including phenoxy) is 1. The summed E-state index contributed by atoms with van der Waals surface area (Å²) in [6.45, 7) is 0. The fourth-order valence-corrected chi connectivity index (χ4v) is 1.57. The van der Waals surface area contributed by atoms with Gasteiger partial charge < -0.3 is 9.84 Å². The third-order valence-electron chi connectivity index (χ3n) is 1.34. The maximum Gasteiger partial charge on any atom is 0.339 e. The average molecular weight is 530 g/mol. The van der Waals surface area contributed by atoms with Crippen LogP contribution in [0.4, 0.5) is 0 Å². The molecule has 0 saturated heterocycles. The zero-order chi connectivity index (χ0) is 10.8. The van der Waals surface area contributed by atoms with E-state index in [1.54, 1.807) is 18.2 Å². The smallest absolute Gasteiger partial charge is 0.339 e. The molecule has 14 heavy (non-hydrogen) atoms. The Labute approximate surface area is 122 Å². The number of para-hydroxylation sites is 1. The van der Waals surface area contributed by atoms with Crippen LogP contribution in [0.2, 0.25) is 0 Å². The molecule has 6 heteroatoms. The molecule has 76 valence electrons. The minimum atomic E-state index is -0.978. The number of carboxylic acids is 1. The number of carbonyl (C=O) groups is 1. The number of carboxylic acid groups (broad SMARTS) is 1. The molecule has 1 N–H and O–H groups in total. The van der Waals surface area contributed by atoms with Gasteiger partial charge in [-0.05, 0) is 79.9 Å². The zero-order valence-electron chi connectivity index (χ0n) is 6.71. The van der Waals surface area contributed by atoms with Gasteiger partial charge in [0.05, 0.1) is 0 Å². The molecule has 0 aliphatic heterocycles. The van der Waals surface area contributed by atoms with E-state index in [-0.39, 0.29) is 5.56 Å². The Kier molecular flexibility index (Phi) is 4.68. The number of benzene rings is 1. The Morgan fingerprint density at radius 1 is 1.29 bits per heavy atom. The highest BCUT2D eigenvalue weighted by Gasteiger charge is 2.22. The van der Waals surface area contributed by atoms with Crippen molar-refractivity contribution in [2.45, 2.75) is -0.379 Å². The van der Waals surface area contributed by atoms with Crippen LogP contribution in [0.15, 0.2) is 24.3 Å². The van der Waals surface area contributed by atoms with Crippen LogP contribution in [-0.4, -0.2) is 10.7 Å². The summed E-state index contributed by atoms with van der Waals surface area (Å²) < 4.78 is 5.00. The summed E-state index contributed by atoms with van der Waals surface area (Å²) in [6, 6.07) is 6.59. The summed E-state index contributed by atoms with van der Waals surface area (Å²) in [5, 5.41) is 8.88. The largest absolute Gasteiger partial charge is 0.478 e. The highest BCUT2D eigenvalue weighted by molar-refractivity contribution is 14.3. The third-order valence-corrected chi connectivity index (χ3v) is 2.00. The van der Waals surface area contributed by atoms with Crippen molar-refractivity contribution < 1.29 is 14.6 Å². The second kappa shape index (κ2) is 5.14. The first-order valence-corrected chi connectivity index (χ1v) is 6.72. The van der Waals surface area contributed by atoms with Crippen molar-refractivity contribution in [1.82, 2.24) is 0 Å². The molecule has 0 bridgehead atoms. The quantitative estimate of drug-likeness (QED) is 0.480. The predicted molar refractivity (Wildman–Crippen MR) is 78.8 cm³/mol. The van der Waals surface area contributed by atoms with Crippen molar-refractivity contribution in [3.05, 3.63) is 29.8 Å². The summed E-state index contributed by atoms with van der Waals surface area (Å²) >= 11 is 6.24. The van der Waals surface area contributed by atoms with E-state index >= 15 is 0 Å². The van der Waals surface area contributed by atoms with Gasteiger partial charge in [0, 0.05) is 0 Å². The van der Waals surface area contributed by atoms with Crippen LogP contribution < -0.4 is 4.74 Å². The summed E-state index contributed by atoms with van der Waals surface area (Å²) in [4.78, 5) is 10.8. The predicted octanol–water partition coefficient (Wildman–Crippen LogP) is 3.68.